The number of benzene rings is 1. The van der Waals surface area contributed by atoms with Crippen LogP contribution in [0.5, 0.6) is 0 Å². The number of aromatic nitrogens is 2. The Kier molecular flexibility index (Phi) is 3.38. The highest BCUT2D eigenvalue weighted by atomic mass is 19.1. The number of hydrogen-bond acceptors (Lipinski definition) is 3. The van der Waals surface area contributed by atoms with E-state index < -0.39 is 0 Å². The number of anilines is 1. The molecule has 5 heteroatoms. The Balaban J connectivity index is 1.80. The summed E-state index contributed by atoms with van der Waals surface area (Å²) >= 11 is 0. The van der Waals surface area contributed by atoms with Crippen molar-refractivity contribution in [2.24, 2.45) is 5.73 Å². The van der Waals surface area contributed by atoms with Gasteiger partial charge in [-0.2, -0.15) is 0 Å². The first-order chi connectivity index (χ1) is 9.22. The third kappa shape index (κ3) is 2.71. The van der Waals surface area contributed by atoms with Gasteiger partial charge in [0.05, 0.1) is 11.0 Å². The molecule has 1 aliphatic rings. The van der Waals surface area contributed by atoms with Crippen LogP contribution in [0.4, 0.5) is 10.3 Å². The largest absolute Gasteiger partial charge is 0.352 e. The molecule has 1 fully saturated rings. The van der Waals surface area contributed by atoms with Gasteiger partial charge in [-0.1, -0.05) is 19.3 Å². The van der Waals surface area contributed by atoms with Gasteiger partial charge in [0, 0.05) is 12.1 Å². The average molecular weight is 262 g/mol. The summed E-state index contributed by atoms with van der Waals surface area (Å²) in [5.74, 6) is 0.428. The predicted molar refractivity (Wildman–Crippen MR) is 74.5 cm³/mol. The normalized spacial score (nSPS) is 24.3. The minimum absolute atomic E-state index is 0.160. The van der Waals surface area contributed by atoms with Gasteiger partial charge in [-0.25, -0.2) is 9.37 Å². The SMILES string of the molecule is NC1CCCCCC1Nc1nc2ccc(F)cc2[nH]1. The van der Waals surface area contributed by atoms with E-state index in [1.165, 1.54) is 31.4 Å². The molecule has 0 amide bonds. The molecule has 1 aromatic carbocycles. The van der Waals surface area contributed by atoms with E-state index in [0.717, 1.165) is 18.4 Å². The third-order valence-corrected chi connectivity index (χ3v) is 3.84. The second-order valence-electron chi connectivity index (χ2n) is 5.30. The molecule has 4 nitrogen and oxygen atoms in total. The Bertz CT molecular complexity index is 566. The zero-order chi connectivity index (χ0) is 13.2. The number of fused-ring (bicyclic) bond motifs is 1. The van der Waals surface area contributed by atoms with Gasteiger partial charge in [0.2, 0.25) is 5.95 Å². The van der Waals surface area contributed by atoms with E-state index in [1.807, 2.05) is 0 Å². The maximum atomic E-state index is 13.1. The van der Waals surface area contributed by atoms with Gasteiger partial charge in [-0.3, -0.25) is 0 Å². The molecule has 0 saturated heterocycles. The number of imidazole rings is 1. The molecular weight excluding hydrogens is 243 g/mol. The van der Waals surface area contributed by atoms with Crippen LogP contribution >= 0.6 is 0 Å². The van der Waals surface area contributed by atoms with E-state index in [4.69, 9.17) is 5.73 Å². The van der Waals surface area contributed by atoms with Crippen LogP contribution in [0.1, 0.15) is 32.1 Å². The van der Waals surface area contributed by atoms with E-state index >= 15 is 0 Å². The molecule has 4 N–H and O–H groups in total. The number of H-pyrrole nitrogens is 1. The lowest BCUT2D eigenvalue weighted by atomic mass is 10.0. The summed E-state index contributed by atoms with van der Waals surface area (Å²) in [6.45, 7) is 0. The molecule has 0 spiro atoms. The summed E-state index contributed by atoms with van der Waals surface area (Å²) in [5.41, 5.74) is 7.66. The fourth-order valence-corrected chi connectivity index (χ4v) is 2.74. The van der Waals surface area contributed by atoms with E-state index in [0.29, 0.717) is 11.5 Å². The van der Waals surface area contributed by atoms with Crippen molar-refractivity contribution in [3.05, 3.63) is 24.0 Å². The van der Waals surface area contributed by atoms with E-state index in [1.54, 1.807) is 6.07 Å². The number of nitrogens with two attached hydrogens (primary N) is 1. The van der Waals surface area contributed by atoms with E-state index in [2.05, 4.69) is 15.3 Å². The Morgan fingerprint density at radius 1 is 1.26 bits per heavy atom. The van der Waals surface area contributed by atoms with Crippen molar-refractivity contribution in [3.8, 4) is 0 Å². The summed E-state index contributed by atoms with van der Waals surface area (Å²) in [5, 5.41) is 3.37. The standard InChI is InChI=1S/C14H19FN4/c15-9-6-7-12-13(8-9)19-14(18-12)17-11-5-3-1-2-4-10(11)16/h6-8,10-11H,1-5,16H2,(H2,17,18,19). The van der Waals surface area contributed by atoms with Gasteiger partial charge in [0.25, 0.3) is 0 Å². The summed E-state index contributed by atoms with van der Waals surface area (Å²) < 4.78 is 13.1. The Morgan fingerprint density at radius 2 is 2.11 bits per heavy atom. The Hall–Kier alpha value is -1.62. The first kappa shape index (κ1) is 12.4. The quantitative estimate of drug-likeness (QED) is 0.729. The highest BCUT2D eigenvalue weighted by Gasteiger charge is 2.21. The molecule has 1 saturated carbocycles. The van der Waals surface area contributed by atoms with Gasteiger partial charge in [-0.05, 0) is 31.0 Å². The molecule has 0 bridgehead atoms. The third-order valence-electron chi connectivity index (χ3n) is 3.84. The van der Waals surface area contributed by atoms with Gasteiger partial charge in [-0.15, -0.1) is 0 Å². The molecule has 102 valence electrons. The van der Waals surface area contributed by atoms with Crippen molar-refractivity contribution in [3.63, 3.8) is 0 Å². The lowest BCUT2D eigenvalue weighted by Gasteiger charge is -2.22. The fourth-order valence-electron chi connectivity index (χ4n) is 2.74. The van der Waals surface area contributed by atoms with Gasteiger partial charge >= 0.3 is 0 Å². The van der Waals surface area contributed by atoms with E-state index in [9.17, 15) is 4.39 Å². The van der Waals surface area contributed by atoms with Crippen LogP contribution in [0.15, 0.2) is 18.2 Å². The van der Waals surface area contributed by atoms with Crippen molar-refractivity contribution >= 4 is 17.0 Å². The molecule has 3 rings (SSSR count). The van der Waals surface area contributed by atoms with Gasteiger partial charge < -0.3 is 16.0 Å². The number of nitrogens with one attached hydrogen (secondary N) is 2. The van der Waals surface area contributed by atoms with Crippen LogP contribution in [0.3, 0.4) is 0 Å². The average Bonchev–Trinajstić information content (AvgIpc) is 2.66. The van der Waals surface area contributed by atoms with Crippen molar-refractivity contribution < 1.29 is 4.39 Å². The fraction of sp³-hybridized carbons (Fsp3) is 0.500. The molecule has 0 aliphatic heterocycles. The van der Waals surface area contributed by atoms with Crippen molar-refractivity contribution in [2.75, 3.05) is 5.32 Å². The monoisotopic (exact) mass is 262 g/mol. The van der Waals surface area contributed by atoms with Gasteiger partial charge in [0.15, 0.2) is 0 Å². The second kappa shape index (κ2) is 5.17. The highest BCUT2D eigenvalue weighted by Crippen LogP contribution is 2.21. The minimum atomic E-state index is -0.256. The van der Waals surface area contributed by atoms with Crippen molar-refractivity contribution in [1.82, 2.24) is 9.97 Å². The minimum Gasteiger partial charge on any atom is -0.352 e. The smallest absolute Gasteiger partial charge is 0.201 e. The number of rotatable bonds is 2. The number of aromatic amines is 1. The zero-order valence-corrected chi connectivity index (χ0v) is 10.8. The second-order valence-corrected chi connectivity index (χ2v) is 5.30. The Labute approximate surface area is 111 Å². The summed E-state index contributed by atoms with van der Waals surface area (Å²) in [7, 11) is 0. The topological polar surface area (TPSA) is 66.7 Å². The molecule has 2 unspecified atom stereocenters. The van der Waals surface area contributed by atoms with Crippen LogP contribution in [0.2, 0.25) is 0 Å². The highest BCUT2D eigenvalue weighted by molar-refractivity contribution is 5.77. The molecule has 1 heterocycles. The van der Waals surface area contributed by atoms with Crippen LogP contribution in [-0.2, 0) is 0 Å². The summed E-state index contributed by atoms with van der Waals surface area (Å²) in [6, 6.07) is 4.96. The number of halogens is 1. The molecule has 2 atom stereocenters. The number of hydrogen-bond donors (Lipinski definition) is 3. The Morgan fingerprint density at radius 3 is 3.00 bits per heavy atom. The zero-order valence-electron chi connectivity index (χ0n) is 10.8. The molecule has 1 aromatic heterocycles. The van der Waals surface area contributed by atoms with Crippen LogP contribution in [0.25, 0.3) is 11.0 Å². The lowest BCUT2D eigenvalue weighted by molar-refractivity contribution is 0.526. The maximum absolute atomic E-state index is 13.1. The van der Waals surface area contributed by atoms with Crippen molar-refractivity contribution in [2.45, 2.75) is 44.2 Å². The maximum Gasteiger partial charge on any atom is 0.201 e. The molecule has 1 aliphatic carbocycles. The summed E-state index contributed by atoms with van der Waals surface area (Å²) in [6.07, 6.45) is 5.75. The lowest BCUT2D eigenvalue weighted by Crippen LogP contribution is -2.39. The van der Waals surface area contributed by atoms with Crippen LogP contribution < -0.4 is 11.1 Å². The molecule has 2 aromatic rings. The number of nitrogens with zero attached hydrogens (tertiary/aromatic N) is 1. The van der Waals surface area contributed by atoms with Crippen LogP contribution in [-0.4, -0.2) is 22.1 Å². The summed E-state index contributed by atoms with van der Waals surface area (Å²) in [4.78, 5) is 7.53. The first-order valence-corrected chi connectivity index (χ1v) is 6.90. The molecule has 19 heavy (non-hydrogen) atoms. The molecule has 0 radical (unpaired) electrons. The van der Waals surface area contributed by atoms with Crippen LogP contribution in [0, 0.1) is 5.82 Å². The van der Waals surface area contributed by atoms with Crippen molar-refractivity contribution in [1.29, 1.82) is 0 Å². The first-order valence-electron chi connectivity index (χ1n) is 6.90. The van der Waals surface area contributed by atoms with Gasteiger partial charge in [0.1, 0.15) is 5.82 Å². The predicted octanol–water partition coefficient (Wildman–Crippen LogP) is 2.77. The van der Waals surface area contributed by atoms with E-state index in [-0.39, 0.29) is 17.9 Å². The molecular formula is C14H19FN4.